The molecule has 0 bridgehead atoms. The third-order valence-electron chi connectivity index (χ3n) is 5.75. The number of unbranched alkanes of at least 4 members (excludes halogenated alkanes) is 12. The van der Waals surface area contributed by atoms with Crippen LogP contribution in [0.3, 0.4) is 0 Å². The van der Waals surface area contributed by atoms with Gasteiger partial charge in [-0.25, -0.2) is 0 Å². The van der Waals surface area contributed by atoms with Crippen LogP contribution in [0, 0.1) is 0 Å². The first-order chi connectivity index (χ1) is 12.1. The summed E-state index contributed by atoms with van der Waals surface area (Å²) in [6.45, 7) is 8.81. The monoisotopic (exact) mass is 370 g/mol. The summed E-state index contributed by atoms with van der Waals surface area (Å²) in [6, 6.07) is 3.18. The first-order valence-corrected chi connectivity index (χ1v) is 13.9. The summed E-state index contributed by atoms with van der Waals surface area (Å²) in [5.74, 6) is 0.0697. The molecule has 0 aliphatic rings. The maximum absolute atomic E-state index is 12.0. The molecule has 0 aromatic rings. The number of carbonyl (C=O) groups excluding carboxylic acids is 1. The second-order valence-corrected chi connectivity index (χ2v) is 12.4. The summed E-state index contributed by atoms with van der Waals surface area (Å²) in [5, 5.41) is 0. The Morgan fingerprint density at radius 2 is 0.960 bits per heavy atom. The average Bonchev–Trinajstić information content (AvgIpc) is 2.63. The minimum Gasteiger partial charge on any atom is -0.519 e. The lowest BCUT2D eigenvalue weighted by molar-refractivity contribution is -0.135. The van der Waals surface area contributed by atoms with Gasteiger partial charge >= 0.3 is 0 Å². The van der Waals surface area contributed by atoms with Gasteiger partial charge in [-0.1, -0.05) is 105 Å². The van der Waals surface area contributed by atoms with E-state index in [1.807, 2.05) is 0 Å². The molecule has 25 heavy (non-hydrogen) atoms. The Bertz CT molecular complexity index is 292. The summed E-state index contributed by atoms with van der Waals surface area (Å²) in [6.07, 6.45) is 18.1. The van der Waals surface area contributed by atoms with E-state index >= 15 is 0 Å². The molecule has 150 valence electrons. The van der Waals surface area contributed by atoms with E-state index in [9.17, 15) is 4.79 Å². The van der Waals surface area contributed by atoms with Gasteiger partial charge in [-0.3, -0.25) is 4.79 Å². The van der Waals surface area contributed by atoms with Crippen molar-refractivity contribution in [2.45, 2.75) is 136 Å². The highest BCUT2D eigenvalue weighted by Gasteiger charge is 2.32. The van der Waals surface area contributed by atoms with E-state index in [4.69, 9.17) is 4.43 Å². The lowest BCUT2D eigenvalue weighted by Crippen LogP contribution is -2.38. The van der Waals surface area contributed by atoms with Crippen LogP contribution in [0.4, 0.5) is 0 Å². The first-order valence-electron chi connectivity index (χ1n) is 11.4. The van der Waals surface area contributed by atoms with Gasteiger partial charge < -0.3 is 4.43 Å². The third-order valence-corrected chi connectivity index (χ3v) is 10.3. The standard InChI is InChI=1S/C22H46O2Si/c1-5-9-10-11-12-13-14-15-16-17-18-19-20-21-22(23)24-25(6-2,7-3)8-4/h5-21H2,1-4H3. The molecule has 0 atom stereocenters. The van der Waals surface area contributed by atoms with Crippen molar-refractivity contribution in [1.29, 1.82) is 0 Å². The molecule has 0 aromatic carbocycles. The fourth-order valence-electron chi connectivity index (χ4n) is 3.55. The van der Waals surface area contributed by atoms with Crippen molar-refractivity contribution in [1.82, 2.24) is 0 Å². The maximum atomic E-state index is 12.0. The predicted octanol–water partition coefficient (Wildman–Crippen LogP) is 8.02. The molecule has 0 saturated heterocycles. The summed E-state index contributed by atoms with van der Waals surface area (Å²) in [5.41, 5.74) is 0. The average molecular weight is 371 g/mol. The van der Waals surface area contributed by atoms with Gasteiger partial charge in [0.1, 0.15) is 0 Å². The lowest BCUT2D eigenvalue weighted by Gasteiger charge is -2.27. The molecule has 0 heterocycles. The van der Waals surface area contributed by atoms with Crippen molar-refractivity contribution in [3.63, 3.8) is 0 Å². The molecule has 0 saturated carbocycles. The third kappa shape index (κ3) is 13.5. The molecule has 3 heteroatoms. The maximum Gasteiger partial charge on any atom is 0.292 e. The van der Waals surface area contributed by atoms with E-state index in [-0.39, 0.29) is 5.97 Å². The molecular weight excluding hydrogens is 324 g/mol. The zero-order valence-corrected chi connectivity index (χ0v) is 18.8. The van der Waals surface area contributed by atoms with Crippen molar-refractivity contribution in [3.05, 3.63) is 0 Å². The van der Waals surface area contributed by atoms with Crippen LogP contribution >= 0.6 is 0 Å². The van der Waals surface area contributed by atoms with Gasteiger partial charge in [0.2, 0.25) is 0 Å². The van der Waals surface area contributed by atoms with Crippen LogP contribution in [-0.4, -0.2) is 14.3 Å². The Balaban J connectivity index is 3.42. The van der Waals surface area contributed by atoms with Gasteiger partial charge in [0.25, 0.3) is 14.3 Å². The molecule has 2 nitrogen and oxygen atoms in total. The Morgan fingerprint density at radius 3 is 1.32 bits per heavy atom. The van der Waals surface area contributed by atoms with E-state index in [2.05, 4.69) is 27.7 Å². The lowest BCUT2D eigenvalue weighted by atomic mass is 10.0. The fourth-order valence-corrected chi connectivity index (χ4v) is 6.06. The van der Waals surface area contributed by atoms with Gasteiger partial charge in [0.15, 0.2) is 0 Å². The SMILES string of the molecule is CCCCCCCCCCCCCCCC(=O)O[Si](CC)(CC)CC. The van der Waals surface area contributed by atoms with Crippen molar-refractivity contribution >= 4 is 14.3 Å². The van der Waals surface area contributed by atoms with E-state index < -0.39 is 8.32 Å². The van der Waals surface area contributed by atoms with E-state index in [0.717, 1.165) is 24.6 Å². The number of hydrogen-bond acceptors (Lipinski definition) is 2. The molecule has 0 amide bonds. The fraction of sp³-hybridized carbons (Fsp3) is 0.955. The highest BCUT2D eigenvalue weighted by molar-refractivity contribution is 6.74. The van der Waals surface area contributed by atoms with Crippen LogP contribution in [0.5, 0.6) is 0 Å². The predicted molar refractivity (Wildman–Crippen MR) is 114 cm³/mol. The quantitative estimate of drug-likeness (QED) is 0.180. The second kappa shape index (κ2) is 17.1. The van der Waals surface area contributed by atoms with Crippen LogP contribution in [-0.2, 0) is 9.22 Å². The smallest absolute Gasteiger partial charge is 0.292 e. The summed E-state index contributed by atoms with van der Waals surface area (Å²) in [4.78, 5) is 12.0. The molecule has 0 spiro atoms. The van der Waals surface area contributed by atoms with E-state index in [1.54, 1.807) is 0 Å². The van der Waals surface area contributed by atoms with Crippen LogP contribution in [0.2, 0.25) is 18.1 Å². The second-order valence-electron chi connectivity index (χ2n) is 7.71. The molecule has 0 rings (SSSR count). The molecule has 0 unspecified atom stereocenters. The van der Waals surface area contributed by atoms with Crippen LogP contribution in [0.15, 0.2) is 0 Å². The van der Waals surface area contributed by atoms with Crippen LogP contribution < -0.4 is 0 Å². The Morgan fingerprint density at radius 1 is 0.600 bits per heavy atom. The Labute approximate surface area is 159 Å². The summed E-state index contributed by atoms with van der Waals surface area (Å²) in [7, 11) is -1.74. The highest BCUT2D eigenvalue weighted by atomic mass is 28.4. The first kappa shape index (κ1) is 24.7. The van der Waals surface area contributed by atoms with E-state index in [1.165, 1.54) is 77.0 Å². The van der Waals surface area contributed by atoms with Crippen molar-refractivity contribution < 1.29 is 9.22 Å². The molecule has 0 radical (unpaired) electrons. The molecule has 0 aliphatic heterocycles. The van der Waals surface area contributed by atoms with Gasteiger partial charge in [0, 0.05) is 6.42 Å². The van der Waals surface area contributed by atoms with Gasteiger partial charge in [-0.05, 0) is 24.6 Å². The molecule has 0 fully saturated rings. The van der Waals surface area contributed by atoms with Crippen molar-refractivity contribution in [2.24, 2.45) is 0 Å². The number of carbonyl (C=O) groups is 1. The van der Waals surface area contributed by atoms with Crippen molar-refractivity contribution in [3.8, 4) is 0 Å². The molecule has 0 aromatic heterocycles. The summed E-state index contributed by atoms with van der Waals surface area (Å²) >= 11 is 0. The molecule has 0 aliphatic carbocycles. The minimum absolute atomic E-state index is 0.0697. The van der Waals surface area contributed by atoms with Crippen molar-refractivity contribution in [2.75, 3.05) is 0 Å². The number of hydrogen-bond donors (Lipinski definition) is 0. The zero-order chi connectivity index (χ0) is 18.8. The van der Waals surface area contributed by atoms with Gasteiger partial charge in [0.05, 0.1) is 0 Å². The normalized spacial score (nSPS) is 11.7. The van der Waals surface area contributed by atoms with E-state index in [0.29, 0.717) is 6.42 Å². The molecule has 0 N–H and O–H groups in total. The zero-order valence-electron chi connectivity index (χ0n) is 17.8. The summed E-state index contributed by atoms with van der Waals surface area (Å²) < 4.78 is 5.89. The van der Waals surface area contributed by atoms with Crippen LogP contribution in [0.25, 0.3) is 0 Å². The van der Waals surface area contributed by atoms with Crippen LogP contribution in [0.1, 0.15) is 118 Å². The Kier molecular flexibility index (Phi) is 16.9. The minimum atomic E-state index is -1.74. The Hall–Kier alpha value is -0.313. The number of rotatable bonds is 18. The topological polar surface area (TPSA) is 26.3 Å². The largest absolute Gasteiger partial charge is 0.519 e. The van der Waals surface area contributed by atoms with Gasteiger partial charge in [-0.2, -0.15) is 0 Å². The van der Waals surface area contributed by atoms with Gasteiger partial charge in [-0.15, -0.1) is 0 Å². The molecular formula is C22H46O2Si. The highest BCUT2D eigenvalue weighted by Crippen LogP contribution is 2.22.